The van der Waals surface area contributed by atoms with Crippen molar-refractivity contribution in [2.24, 2.45) is 0 Å². The molecular weight excluding hydrogens is 383 g/mol. The summed E-state index contributed by atoms with van der Waals surface area (Å²) in [4.78, 5) is 16.8. The molecule has 1 aliphatic carbocycles. The van der Waals surface area contributed by atoms with Gasteiger partial charge in [-0.2, -0.15) is 0 Å². The van der Waals surface area contributed by atoms with E-state index >= 15 is 0 Å². The molecule has 120 valence electrons. The fraction of sp³-hybridized carbons (Fsp3) is 0.250. The first-order valence-electron chi connectivity index (χ1n) is 7.13. The second-order valence-corrected chi connectivity index (χ2v) is 6.92. The fourth-order valence-corrected chi connectivity index (χ4v) is 3.79. The van der Waals surface area contributed by atoms with E-state index in [-0.39, 0.29) is 12.4 Å². The third-order valence-corrected chi connectivity index (χ3v) is 5.13. The number of anilines is 1. The normalized spacial score (nSPS) is 17.6. The third kappa shape index (κ3) is 3.30. The molecule has 0 fully saturated rings. The molecular formula is C16H14BrFN2O2S. The Hall–Kier alpha value is -1.73. The van der Waals surface area contributed by atoms with Gasteiger partial charge in [-0.25, -0.2) is 9.18 Å². The topological polar surface area (TPSA) is 51.2 Å². The van der Waals surface area contributed by atoms with Crippen LogP contribution in [-0.2, 0) is 4.74 Å². The summed E-state index contributed by atoms with van der Waals surface area (Å²) in [5.74, 6) is -0.689. The van der Waals surface area contributed by atoms with E-state index in [0.717, 1.165) is 14.6 Å². The van der Waals surface area contributed by atoms with Gasteiger partial charge in [-0.1, -0.05) is 22.0 Å². The average Bonchev–Trinajstić information content (AvgIpc) is 2.89. The van der Waals surface area contributed by atoms with Gasteiger partial charge >= 0.3 is 5.97 Å². The molecule has 2 aromatic rings. The van der Waals surface area contributed by atoms with Gasteiger partial charge in [0.15, 0.2) is 0 Å². The molecule has 0 radical (unpaired) electrons. The molecule has 1 aliphatic rings. The predicted octanol–water partition coefficient (Wildman–Crippen LogP) is 4.79. The molecule has 23 heavy (non-hydrogen) atoms. The van der Waals surface area contributed by atoms with E-state index in [1.165, 1.54) is 17.4 Å². The first-order chi connectivity index (χ1) is 11.1. The number of ether oxygens (including phenoxy) is 1. The Balaban J connectivity index is 2.00. The molecule has 1 unspecified atom stereocenters. The van der Waals surface area contributed by atoms with Crippen molar-refractivity contribution in [3.05, 3.63) is 45.8 Å². The van der Waals surface area contributed by atoms with Gasteiger partial charge in [-0.05, 0) is 25.5 Å². The van der Waals surface area contributed by atoms with Gasteiger partial charge in [0.25, 0.3) is 0 Å². The van der Waals surface area contributed by atoms with Crippen LogP contribution in [0.2, 0.25) is 0 Å². The fourth-order valence-electron chi connectivity index (χ4n) is 2.36. The maximum Gasteiger partial charge on any atom is 0.350 e. The number of esters is 1. The summed E-state index contributed by atoms with van der Waals surface area (Å²) in [7, 11) is 0. The Labute approximate surface area is 145 Å². The zero-order valence-electron chi connectivity index (χ0n) is 12.3. The molecule has 0 bridgehead atoms. The summed E-state index contributed by atoms with van der Waals surface area (Å²) in [6.45, 7) is 2.05. The van der Waals surface area contributed by atoms with E-state index in [2.05, 4.69) is 26.2 Å². The van der Waals surface area contributed by atoms with Crippen LogP contribution in [0.5, 0.6) is 0 Å². The molecule has 3 rings (SSSR count). The number of fused-ring (bicyclic) bond motifs is 1. The number of thiophene rings is 1. The Kier molecular flexibility index (Phi) is 4.77. The van der Waals surface area contributed by atoms with Crippen LogP contribution < -0.4 is 5.32 Å². The second kappa shape index (κ2) is 6.80. The van der Waals surface area contributed by atoms with E-state index in [1.54, 1.807) is 19.3 Å². The SMILES string of the molecule is CCOC(=O)c1sc2ccncc2c1NC1CC=C(Br)C=C1F. The summed E-state index contributed by atoms with van der Waals surface area (Å²) in [5, 5.41) is 3.94. The lowest BCUT2D eigenvalue weighted by molar-refractivity contribution is 0.0533. The number of hydrogen-bond acceptors (Lipinski definition) is 5. The minimum absolute atomic E-state index is 0.280. The maximum absolute atomic E-state index is 14.2. The molecule has 0 aromatic carbocycles. The van der Waals surface area contributed by atoms with Crippen LogP contribution in [0.3, 0.4) is 0 Å². The van der Waals surface area contributed by atoms with Crippen LogP contribution in [-0.4, -0.2) is 23.6 Å². The molecule has 0 amide bonds. The van der Waals surface area contributed by atoms with Crippen molar-refractivity contribution in [3.63, 3.8) is 0 Å². The maximum atomic E-state index is 14.2. The minimum Gasteiger partial charge on any atom is -0.462 e. The zero-order valence-corrected chi connectivity index (χ0v) is 14.7. The zero-order chi connectivity index (χ0) is 16.4. The average molecular weight is 397 g/mol. The molecule has 0 saturated heterocycles. The summed E-state index contributed by atoms with van der Waals surface area (Å²) >= 11 is 4.59. The van der Waals surface area contributed by atoms with Crippen molar-refractivity contribution >= 4 is 49.0 Å². The van der Waals surface area contributed by atoms with Gasteiger partial charge < -0.3 is 10.1 Å². The van der Waals surface area contributed by atoms with E-state index in [1.807, 2.05) is 12.1 Å². The summed E-state index contributed by atoms with van der Waals surface area (Å²) in [6, 6.07) is 1.32. The van der Waals surface area contributed by atoms with Gasteiger partial charge in [0, 0.05) is 27.0 Å². The van der Waals surface area contributed by atoms with E-state index in [9.17, 15) is 9.18 Å². The summed E-state index contributed by atoms with van der Waals surface area (Å²) < 4.78 is 20.9. The van der Waals surface area contributed by atoms with Gasteiger partial charge in [-0.3, -0.25) is 4.98 Å². The van der Waals surface area contributed by atoms with E-state index in [4.69, 9.17) is 4.74 Å². The van der Waals surface area contributed by atoms with Gasteiger partial charge in [-0.15, -0.1) is 11.3 Å². The smallest absolute Gasteiger partial charge is 0.350 e. The molecule has 0 saturated carbocycles. The van der Waals surface area contributed by atoms with Crippen molar-refractivity contribution in [1.29, 1.82) is 0 Å². The molecule has 2 heterocycles. The van der Waals surface area contributed by atoms with Crippen molar-refractivity contribution < 1.29 is 13.9 Å². The highest BCUT2D eigenvalue weighted by atomic mass is 79.9. The number of hydrogen-bond donors (Lipinski definition) is 1. The summed E-state index contributed by atoms with van der Waals surface area (Å²) in [6.07, 6.45) is 7.14. The van der Waals surface area contributed by atoms with Gasteiger partial charge in [0.2, 0.25) is 0 Å². The van der Waals surface area contributed by atoms with Crippen molar-refractivity contribution in [2.75, 3.05) is 11.9 Å². The number of aromatic nitrogens is 1. The highest BCUT2D eigenvalue weighted by Crippen LogP contribution is 2.37. The lowest BCUT2D eigenvalue weighted by Crippen LogP contribution is -2.22. The number of allylic oxidation sites excluding steroid dienone is 2. The third-order valence-electron chi connectivity index (χ3n) is 3.43. The Bertz CT molecular complexity index is 816. The number of rotatable bonds is 4. The first kappa shape index (κ1) is 16.1. The Morgan fingerprint density at radius 2 is 2.43 bits per heavy atom. The monoisotopic (exact) mass is 396 g/mol. The number of carbonyl (C=O) groups excluding carboxylic acids is 1. The van der Waals surface area contributed by atoms with E-state index < -0.39 is 12.0 Å². The van der Waals surface area contributed by atoms with Gasteiger partial charge in [0.05, 0.1) is 18.3 Å². The van der Waals surface area contributed by atoms with Crippen LogP contribution in [0.25, 0.3) is 10.1 Å². The lowest BCUT2D eigenvalue weighted by Gasteiger charge is -2.20. The van der Waals surface area contributed by atoms with Crippen molar-refractivity contribution in [1.82, 2.24) is 4.98 Å². The molecule has 4 nitrogen and oxygen atoms in total. The number of nitrogens with one attached hydrogen (secondary N) is 1. The van der Waals surface area contributed by atoms with Crippen LogP contribution in [0.15, 0.2) is 40.9 Å². The quantitative estimate of drug-likeness (QED) is 0.754. The minimum atomic E-state index is -0.512. The largest absolute Gasteiger partial charge is 0.462 e. The standard InChI is InChI=1S/C16H14BrFN2O2S/c1-2-22-16(21)15-14(10-8-19-6-5-13(10)23-15)20-12-4-3-9(17)7-11(12)18/h3,5-8,12,20H,2,4H2,1H3. The number of nitrogens with zero attached hydrogens (tertiary/aromatic N) is 1. The van der Waals surface area contributed by atoms with Crippen LogP contribution in [0, 0.1) is 0 Å². The van der Waals surface area contributed by atoms with Crippen LogP contribution >= 0.6 is 27.3 Å². The van der Waals surface area contributed by atoms with Gasteiger partial charge in [0.1, 0.15) is 10.7 Å². The lowest BCUT2D eigenvalue weighted by atomic mass is 10.1. The van der Waals surface area contributed by atoms with Crippen LogP contribution in [0.4, 0.5) is 10.1 Å². The Morgan fingerprint density at radius 1 is 1.61 bits per heavy atom. The van der Waals surface area contributed by atoms with Crippen molar-refractivity contribution in [2.45, 2.75) is 19.4 Å². The van der Waals surface area contributed by atoms with E-state index in [0.29, 0.717) is 17.0 Å². The first-order valence-corrected chi connectivity index (χ1v) is 8.74. The Morgan fingerprint density at radius 3 is 3.17 bits per heavy atom. The van der Waals surface area contributed by atoms with Crippen molar-refractivity contribution in [3.8, 4) is 0 Å². The number of halogens is 2. The summed E-state index contributed by atoms with van der Waals surface area (Å²) in [5.41, 5.74) is 0.580. The molecule has 0 aliphatic heterocycles. The highest BCUT2D eigenvalue weighted by molar-refractivity contribution is 9.11. The molecule has 7 heteroatoms. The molecule has 0 spiro atoms. The second-order valence-electron chi connectivity index (χ2n) is 4.95. The molecule has 1 atom stereocenters. The highest BCUT2D eigenvalue weighted by Gasteiger charge is 2.24. The van der Waals surface area contributed by atoms with Crippen LogP contribution in [0.1, 0.15) is 23.0 Å². The predicted molar refractivity (Wildman–Crippen MR) is 93.8 cm³/mol. The molecule has 1 N–H and O–H groups in total. The number of carbonyl (C=O) groups is 1. The molecule has 2 aromatic heterocycles. The number of pyridine rings is 1.